The van der Waals surface area contributed by atoms with Gasteiger partial charge in [0.15, 0.2) is 13.7 Å². The molecule has 0 aromatic heterocycles. The largest absolute Gasteiger partial charge is 0.402 e. The van der Waals surface area contributed by atoms with Gasteiger partial charge in [-0.2, -0.15) is 0 Å². The minimum atomic E-state index is -3.28. The lowest BCUT2D eigenvalue weighted by Crippen LogP contribution is -2.41. The molecule has 0 heterocycles. The molecule has 1 unspecified atom stereocenters. The Morgan fingerprint density at radius 2 is 1.41 bits per heavy atom. The molecular formula is C16H37O4PSi. The van der Waals surface area contributed by atoms with E-state index in [1.165, 1.54) is 19.3 Å². The first-order valence-corrected chi connectivity index (χ1v) is 13.7. The lowest BCUT2D eigenvalue weighted by atomic mass is 10.1. The molecule has 0 aliphatic rings. The normalized spacial score (nSPS) is 15.8. The lowest BCUT2D eigenvalue weighted by molar-refractivity contribution is 0.0866. The molecule has 22 heavy (non-hydrogen) atoms. The van der Waals surface area contributed by atoms with Crippen LogP contribution in [0.3, 0.4) is 0 Å². The zero-order chi connectivity index (χ0) is 17.3. The highest BCUT2D eigenvalue weighted by molar-refractivity contribution is 7.55. The zero-order valence-electron chi connectivity index (χ0n) is 15.7. The van der Waals surface area contributed by atoms with Gasteiger partial charge in [0, 0.05) is 0 Å². The predicted octanol–water partition coefficient (Wildman–Crippen LogP) is 6.18. The molecule has 0 spiro atoms. The Bertz CT molecular complexity index is 334. The molecule has 6 heteroatoms. The molecule has 0 saturated carbocycles. The summed E-state index contributed by atoms with van der Waals surface area (Å²) < 4.78 is 30.8. The van der Waals surface area contributed by atoms with E-state index in [2.05, 4.69) is 26.6 Å². The van der Waals surface area contributed by atoms with E-state index in [0.717, 1.165) is 19.3 Å². The molecule has 0 aliphatic heterocycles. The molecule has 0 bridgehead atoms. The maximum absolute atomic E-state index is 13.3. The maximum atomic E-state index is 13.3. The van der Waals surface area contributed by atoms with Crippen molar-refractivity contribution in [2.24, 2.45) is 0 Å². The molecule has 0 fully saturated rings. The quantitative estimate of drug-likeness (QED) is 0.225. The molecule has 0 rings (SSSR count). The molecule has 0 amide bonds. The minimum Gasteiger partial charge on any atom is -0.402 e. The topological polar surface area (TPSA) is 44.8 Å². The highest BCUT2D eigenvalue weighted by Gasteiger charge is 2.49. The molecular weight excluding hydrogens is 315 g/mol. The summed E-state index contributed by atoms with van der Waals surface area (Å²) >= 11 is 0. The highest BCUT2D eigenvalue weighted by Crippen LogP contribution is 2.63. The number of hydrogen-bond donors (Lipinski definition) is 0. The Morgan fingerprint density at radius 3 is 1.82 bits per heavy atom. The van der Waals surface area contributed by atoms with Crippen molar-refractivity contribution in [1.29, 1.82) is 0 Å². The summed E-state index contributed by atoms with van der Waals surface area (Å²) in [5.74, 6) is 0. The summed E-state index contributed by atoms with van der Waals surface area (Å²) in [7, 11) is -5.15. The molecule has 0 aromatic rings. The van der Waals surface area contributed by atoms with E-state index in [0.29, 0.717) is 13.2 Å². The number of hydrogen-bond acceptors (Lipinski definition) is 4. The molecule has 0 radical (unpaired) electrons. The first-order chi connectivity index (χ1) is 10.1. The van der Waals surface area contributed by atoms with Gasteiger partial charge in [0.05, 0.1) is 13.2 Å². The second-order valence-electron chi connectivity index (χ2n) is 6.89. The standard InChI is InChI=1S/C16H37O4PSi/c1-8-11-12-13-14-15-16(4,20-22(5,6)7)21(17,18-9-2)19-10-3/h8-15H2,1-7H3. The fourth-order valence-electron chi connectivity index (χ4n) is 2.61. The fraction of sp³-hybridized carbons (Fsp3) is 1.00. The van der Waals surface area contributed by atoms with Crippen LogP contribution in [0.4, 0.5) is 0 Å². The van der Waals surface area contributed by atoms with E-state index in [4.69, 9.17) is 13.5 Å². The van der Waals surface area contributed by atoms with Gasteiger partial charge in [0.1, 0.15) is 0 Å². The van der Waals surface area contributed by atoms with Crippen LogP contribution in [-0.2, 0) is 18.0 Å². The first-order valence-electron chi connectivity index (χ1n) is 8.73. The fourth-order valence-corrected chi connectivity index (χ4v) is 7.03. The van der Waals surface area contributed by atoms with Crippen molar-refractivity contribution in [3.8, 4) is 0 Å². The van der Waals surface area contributed by atoms with Crippen molar-refractivity contribution in [2.45, 2.75) is 91.2 Å². The number of unbranched alkanes of at least 4 members (excludes halogenated alkanes) is 4. The predicted molar refractivity (Wildman–Crippen MR) is 97.1 cm³/mol. The maximum Gasteiger partial charge on any atom is 0.360 e. The van der Waals surface area contributed by atoms with Gasteiger partial charge in [-0.25, -0.2) is 0 Å². The third-order valence-corrected chi connectivity index (χ3v) is 7.35. The van der Waals surface area contributed by atoms with Gasteiger partial charge in [-0.1, -0.05) is 32.6 Å². The van der Waals surface area contributed by atoms with Crippen LogP contribution in [-0.4, -0.2) is 26.9 Å². The molecule has 134 valence electrons. The Hall–Kier alpha value is 0.327. The van der Waals surface area contributed by atoms with Gasteiger partial charge in [-0.3, -0.25) is 4.57 Å². The summed E-state index contributed by atoms with van der Waals surface area (Å²) in [5.41, 5.74) is 0. The summed E-state index contributed by atoms with van der Waals surface area (Å²) in [6, 6.07) is 0. The van der Waals surface area contributed by atoms with Gasteiger partial charge in [0.25, 0.3) is 0 Å². The summed E-state index contributed by atoms with van der Waals surface area (Å²) in [6.45, 7) is 14.9. The van der Waals surface area contributed by atoms with E-state index in [-0.39, 0.29) is 0 Å². The zero-order valence-corrected chi connectivity index (χ0v) is 17.6. The Morgan fingerprint density at radius 1 is 0.909 bits per heavy atom. The van der Waals surface area contributed by atoms with Gasteiger partial charge in [-0.05, 0) is 53.3 Å². The second-order valence-corrected chi connectivity index (χ2v) is 13.8. The lowest BCUT2D eigenvalue weighted by Gasteiger charge is -2.40. The van der Waals surface area contributed by atoms with E-state index < -0.39 is 21.3 Å². The molecule has 1 atom stereocenters. The van der Waals surface area contributed by atoms with Crippen molar-refractivity contribution < 1.29 is 18.0 Å². The van der Waals surface area contributed by atoms with Crippen LogP contribution in [0.5, 0.6) is 0 Å². The average Bonchev–Trinajstić information content (AvgIpc) is 2.37. The van der Waals surface area contributed by atoms with Gasteiger partial charge < -0.3 is 13.5 Å². The third-order valence-electron chi connectivity index (χ3n) is 3.45. The second kappa shape index (κ2) is 10.2. The van der Waals surface area contributed by atoms with Crippen molar-refractivity contribution in [3.05, 3.63) is 0 Å². The summed E-state index contributed by atoms with van der Waals surface area (Å²) in [5, 5.41) is -0.838. The Kier molecular flexibility index (Phi) is 10.4. The smallest absolute Gasteiger partial charge is 0.360 e. The van der Waals surface area contributed by atoms with Crippen LogP contribution in [0.25, 0.3) is 0 Å². The van der Waals surface area contributed by atoms with Crippen LogP contribution in [0.15, 0.2) is 0 Å². The van der Waals surface area contributed by atoms with Crippen LogP contribution in [0, 0.1) is 0 Å². The molecule has 0 saturated heterocycles. The molecule has 0 N–H and O–H groups in total. The van der Waals surface area contributed by atoms with Crippen molar-refractivity contribution >= 4 is 15.9 Å². The van der Waals surface area contributed by atoms with E-state index in [1.807, 2.05) is 20.8 Å². The summed E-state index contributed by atoms with van der Waals surface area (Å²) in [4.78, 5) is 0. The van der Waals surface area contributed by atoms with Gasteiger partial charge >= 0.3 is 7.60 Å². The average molecular weight is 353 g/mol. The van der Waals surface area contributed by atoms with E-state index >= 15 is 0 Å². The van der Waals surface area contributed by atoms with Crippen LogP contribution in [0.2, 0.25) is 19.6 Å². The Labute approximate surface area is 139 Å². The van der Waals surface area contributed by atoms with E-state index in [1.54, 1.807) is 0 Å². The molecule has 0 aromatic carbocycles. The number of rotatable bonds is 13. The van der Waals surface area contributed by atoms with Crippen molar-refractivity contribution in [3.63, 3.8) is 0 Å². The highest BCUT2D eigenvalue weighted by atomic mass is 31.2. The molecule has 0 aliphatic carbocycles. The van der Waals surface area contributed by atoms with Crippen molar-refractivity contribution in [2.75, 3.05) is 13.2 Å². The van der Waals surface area contributed by atoms with Crippen LogP contribution in [0.1, 0.15) is 66.2 Å². The third kappa shape index (κ3) is 7.74. The first kappa shape index (κ1) is 22.3. The van der Waals surface area contributed by atoms with E-state index in [9.17, 15) is 4.57 Å². The molecule has 4 nitrogen and oxygen atoms in total. The van der Waals surface area contributed by atoms with Crippen LogP contribution >= 0.6 is 7.60 Å². The van der Waals surface area contributed by atoms with Gasteiger partial charge in [-0.15, -0.1) is 0 Å². The minimum absolute atomic E-state index is 0.373. The Balaban J connectivity index is 5.08. The van der Waals surface area contributed by atoms with Crippen LogP contribution < -0.4 is 0 Å². The van der Waals surface area contributed by atoms with Gasteiger partial charge in [0.2, 0.25) is 0 Å². The van der Waals surface area contributed by atoms with Crippen molar-refractivity contribution in [1.82, 2.24) is 0 Å². The SMILES string of the molecule is CCCCCCCC(C)(O[Si](C)(C)C)P(=O)(OCC)OCC. The summed E-state index contributed by atoms with van der Waals surface area (Å²) in [6.07, 6.45) is 6.53. The monoisotopic (exact) mass is 352 g/mol.